The summed E-state index contributed by atoms with van der Waals surface area (Å²) in [6.45, 7) is 1.13. The zero-order chi connectivity index (χ0) is 16.2. The van der Waals surface area contributed by atoms with Crippen LogP contribution in [0.5, 0.6) is 0 Å². The number of carbonyl (C=O) groups is 2. The van der Waals surface area contributed by atoms with Crippen molar-refractivity contribution in [3.8, 4) is 0 Å². The van der Waals surface area contributed by atoms with Crippen molar-refractivity contribution in [2.75, 3.05) is 30.0 Å². The highest BCUT2D eigenvalue weighted by atomic mass is 16.5. The zero-order valence-corrected chi connectivity index (χ0v) is 12.2. The third-order valence-corrected chi connectivity index (χ3v) is 3.47. The molecule has 0 radical (unpaired) electrons. The van der Waals surface area contributed by atoms with Gasteiger partial charge in [-0.1, -0.05) is 0 Å². The Labute approximate surface area is 132 Å². The fourth-order valence-corrected chi connectivity index (χ4v) is 2.33. The lowest BCUT2D eigenvalue weighted by molar-refractivity contribution is -0.125. The molecule has 1 aromatic heterocycles. The predicted molar refractivity (Wildman–Crippen MR) is 84.1 cm³/mol. The van der Waals surface area contributed by atoms with Crippen LogP contribution in [-0.4, -0.2) is 41.7 Å². The van der Waals surface area contributed by atoms with E-state index in [4.69, 9.17) is 9.84 Å². The molecule has 118 valence electrons. The summed E-state index contributed by atoms with van der Waals surface area (Å²) in [5, 5.41) is 12.1. The molecule has 0 aliphatic carbocycles. The van der Waals surface area contributed by atoms with E-state index in [0.29, 0.717) is 18.8 Å². The maximum atomic E-state index is 11.8. The zero-order valence-electron chi connectivity index (χ0n) is 12.2. The first-order valence-electron chi connectivity index (χ1n) is 7.08. The fraction of sp³-hybridized carbons (Fsp3) is 0.188. The number of hydrogen-bond donors (Lipinski definition) is 2. The Hall–Kier alpha value is -2.93. The van der Waals surface area contributed by atoms with Gasteiger partial charge in [0.25, 0.3) is 5.91 Å². The van der Waals surface area contributed by atoms with Gasteiger partial charge >= 0.3 is 5.97 Å². The summed E-state index contributed by atoms with van der Waals surface area (Å²) in [6.07, 6.45) is 1.52. The van der Waals surface area contributed by atoms with Crippen LogP contribution in [0.15, 0.2) is 42.6 Å². The molecule has 0 atom stereocenters. The van der Waals surface area contributed by atoms with Crippen molar-refractivity contribution in [3.63, 3.8) is 0 Å². The third-order valence-electron chi connectivity index (χ3n) is 3.47. The second-order valence-electron chi connectivity index (χ2n) is 4.97. The van der Waals surface area contributed by atoms with E-state index in [1.54, 1.807) is 35.2 Å². The van der Waals surface area contributed by atoms with Gasteiger partial charge < -0.3 is 20.1 Å². The summed E-state index contributed by atoms with van der Waals surface area (Å²) in [6, 6.07) is 10.2. The number of anilines is 3. The molecular formula is C16H15N3O4. The van der Waals surface area contributed by atoms with Gasteiger partial charge in [0.1, 0.15) is 18.0 Å². The highest BCUT2D eigenvalue weighted by Crippen LogP contribution is 2.23. The minimum absolute atomic E-state index is 0.0742. The lowest BCUT2D eigenvalue weighted by Gasteiger charge is -2.27. The molecule has 23 heavy (non-hydrogen) atoms. The van der Waals surface area contributed by atoms with Crippen LogP contribution in [0.3, 0.4) is 0 Å². The highest BCUT2D eigenvalue weighted by molar-refractivity contribution is 5.95. The van der Waals surface area contributed by atoms with Crippen LogP contribution in [0.2, 0.25) is 0 Å². The van der Waals surface area contributed by atoms with Crippen molar-refractivity contribution in [2.45, 2.75) is 0 Å². The number of aromatic carboxylic acids is 1. The molecule has 2 N–H and O–H groups in total. The quantitative estimate of drug-likeness (QED) is 0.895. The Kier molecular flexibility index (Phi) is 4.20. The Morgan fingerprint density at radius 2 is 2.04 bits per heavy atom. The van der Waals surface area contributed by atoms with Gasteiger partial charge in [0.2, 0.25) is 0 Å². The second kappa shape index (κ2) is 6.45. The number of ether oxygens (including phenoxy) is 1. The molecule has 1 saturated heterocycles. The molecule has 3 rings (SSSR count). The maximum Gasteiger partial charge on any atom is 0.339 e. The van der Waals surface area contributed by atoms with E-state index in [9.17, 15) is 9.59 Å². The first kappa shape index (κ1) is 15.0. The van der Waals surface area contributed by atoms with E-state index in [1.165, 1.54) is 12.3 Å². The number of carboxylic acid groups (broad SMARTS) is 1. The van der Waals surface area contributed by atoms with Gasteiger partial charge in [-0.3, -0.25) is 4.79 Å². The van der Waals surface area contributed by atoms with Gasteiger partial charge in [0.05, 0.1) is 6.61 Å². The Morgan fingerprint density at radius 1 is 1.26 bits per heavy atom. The van der Waals surface area contributed by atoms with Crippen molar-refractivity contribution in [2.24, 2.45) is 0 Å². The molecule has 0 unspecified atom stereocenters. The van der Waals surface area contributed by atoms with Crippen LogP contribution in [0.4, 0.5) is 17.2 Å². The van der Waals surface area contributed by atoms with Gasteiger partial charge in [-0.15, -0.1) is 0 Å². The Morgan fingerprint density at radius 3 is 2.74 bits per heavy atom. The second-order valence-corrected chi connectivity index (χ2v) is 4.97. The smallest absolute Gasteiger partial charge is 0.339 e. The Balaban J connectivity index is 1.78. The Bertz CT molecular complexity index is 730. The molecular weight excluding hydrogens is 298 g/mol. The van der Waals surface area contributed by atoms with E-state index in [-0.39, 0.29) is 23.9 Å². The molecule has 1 aliphatic heterocycles. The number of nitrogens with one attached hydrogen (secondary N) is 1. The molecule has 0 saturated carbocycles. The SMILES string of the molecule is O=C(O)c1cccnc1Nc1ccc(N2CCOCC2=O)cc1. The van der Waals surface area contributed by atoms with Crippen molar-refractivity contribution < 1.29 is 19.4 Å². The first-order valence-corrected chi connectivity index (χ1v) is 7.08. The summed E-state index contributed by atoms with van der Waals surface area (Å²) in [5.41, 5.74) is 1.57. The summed E-state index contributed by atoms with van der Waals surface area (Å²) in [7, 11) is 0. The average molecular weight is 313 g/mol. The third kappa shape index (κ3) is 3.29. The molecule has 1 amide bonds. The summed E-state index contributed by atoms with van der Waals surface area (Å²) >= 11 is 0. The molecule has 0 spiro atoms. The van der Waals surface area contributed by atoms with Crippen LogP contribution in [-0.2, 0) is 9.53 Å². The highest BCUT2D eigenvalue weighted by Gasteiger charge is 2.20. The van der Waals surface area contributed by atoms with Gasteiger partial charge in [-0.05, 0) is 36.4 Å². The molecule has 0 bridgehead atoms. The number of hydrogen-bond acceptors (Lipinski definition) is 5. The predicted octanol–water partition coefficient (Wildman–Crippen LogP) is 1.89. The van der Waals surface area contributed by atoms with E-state index < -0.39 is 5.97 Å². The molecule has 7 heteroatoms. The van der Waals surface area contributed by atoms with Gasteiger partial charge in [0.15, 0.2) is 0 Å². The fourth-order valence-electron chi connectivity index (χ4n) is 2.33. The van der Waals surface area contributed by atoms with E-state index in [0.717, 1.165) is 5.69 Å². The number of aromatic nitrogens is 1. The number of morpholine rings is 1. The van der Waals surface area contributed by atoms with Gasteiger partial charge in [0, 0.05) is 24.1 Å². The number of carboxylic acids is 1. The maximum absolute atomic E-state index is 11.8. The number of nitrogens with zero attached hydrogens (tertiary/aromatic N) is 2. The molecule has 7 nitrogen and oxygen atoms in total. The largest absolute Gasteiger partial charge is 0.478 e. The van der Waals surface area contributed by atoms with E-state index in [1.807, 2.05) is 0 Å². The molecule has 1 aromatic carbocycles. The normalized spacial score (nSPS) is 14.6. The molecule has 1 aliphatic rings. The van der Waals surface area contributed by atoms with Crippen LogP contribution in [0.25, 0.3) is 0 Å². The lowest BCUT2D eigenvalue weighted by atomic mass is 10.2. The first-order chi connectivity index (χ1) is 11.1. The molecule has 1 fully saturated rings. The van der Waals surface area contributed by atoms with Crippen LogP contribution >= 0.6 is 0 Å². The minimum atomic E-state index is -1.05. The molecule has 2 heterocycles. The lowest BCUT2D eigenvalue weighted by Crippen LogP contribution is -2.41. The standard InChI is InChI=1S/C16H15N3O4/c20-14-10-23-9-8-19(14)12-5-3-11(4-6-12)18-15-13(16(21)22)2-1-7-17-15/h1-7H,8-10H2,(H,17,18)(H,21,22). The van der Waals surface area contributed by atoms with Crippen molar-refractivity contribution in [3.05, 3.63) is 48.2 Å². The van der Waals surface area contributed by atoms with Crippen molar-refractivity contribution in [1.82, 2.24) is 4.98 Å². The van der Waals surface area contributed by atoms with Crippen molar-refractivity contribution in [1.29, 1.82) is 0 Å². The topological polar surface area (TPSA) is 91.8 Å². The summed E-state index contributed by atoms with van der Waals surface area (Å²) in [5.74, 6) is -0.846. The summed E-state index contributed by atoms with van der Waals surface area (Å²) in [4.78, 5) is 28.7. The monoisotopic (exact) mass is 313 g/mol. The van der Waals surface area contributed by atoms with Gasteiger partial charge in [-0.2, -0.15) is 0 Å². The van der Waals surface area contributed by atoms with E-state index >= 15 is 0 Å². The van der Waals surface area contributed by atoms with Crippen LogP contribution in [0.1, 0.15) is 10.4 Å². The number of pyridine rings is 1. The number of carbonyl (C=O) groups excluding carboxylic acids is 1. The average Bonchev–Trinajstić information content (AvgIpc) is 2.56. The number of benzene rings is 1. The molecule has 2 aromatic rings. The van der Waals surface area contributed by atoms with Crippen molar-refractivity contribution >= 4 is 29.1 Å². The van der Waals surface area contributed by atoms with Crippen LogP contribution < -0.4 is 10.2 Å². The van der Waals surface area contributed by atoms with Gasteiger partial charge in [-0.25, -0.2) is 9.78 Å². The van der Waals surface area contributed by atoms with E-state index in [2.05, 4.69) is 10.3 Å². The minimum Gasteiger partial charge on any atom is -0.478 e. The number of amides is 1. The summed E-state index contributed by atoms with van der Waals surface area (Å²) < 4.78 is 5.10. The number of rotatable bonds is 4. The van der Waals surface area contributed by atoms with Crippen LogP contribution in [0, 0.1) is 0 Å².